The second-order valence-electron chi connectivity index (χ2n) is 8.82. The van der Waals surface area contributed by atoms with Crippen molar-refractivity contribution in [1.82, 2.24) is 15.0 Å². The van der Waals surface area contributed by atoms with Crippen LogP contribution in [0.5, 0.6) is 0 Å². The Morgan fingerprint density at radius 3 is 2.89 bits per heavy atom. The Kier molecular flexibility index (Phi) is 5.55. The molecule has 1 aliphatic heterocycles. The number of rotatable bonds is 5. The molecule has 1 aromatic rings. The van der Waals surface area contributed by atoms with Crippen LogP contribution in [0.4, 0.5) is 4.39 Å². The van der Waals surface area contributed by atoms with Gasteiger partial charge in [-0.2, -0.15) is 10.2 Å². The van der Waals surface area contributed by atoms with Crippen LogP contribution >= 0.6 is 0 Å². The number of alkyl halides is 1. The molecule has 1 aromatic heterocycles. The van der Waals surface area contributed by atoms with Crippen molar-refractivity contribution < 1.29 is 13.7 Å². The molecule has 0 N–H and O–H groups in total. The van der Waals surface area contributed by atoms with E-state index in [0.717, 1.165) is 12.8 Å². The minimum Gasteiger partial charge on any atom is -0.333 e. The summed E-state index contributed by atoms with van der Waals surface area (Å²) in [6.07, 6.45) is 3.53. The zero-order chi connectivity index (χ0) is 20.5. The topological polar surface area (TPSA) is 95.4 Å². The van der Waals surface area contributed by atoms with E-state index in [1.807, 2.05) is 6.07 Å². The molecule has 2 aliphatic rings. The molecule has 0 spiro atoms. The number of likely N-dealkylation sites (tertiary alicyclic amines) is 1. The van der Waals surface area contributed by atoms with Crippen LogP contribution in [-0.4, -0.2) is 52.0 Å². The number of nitriles is 1. The van der Waals surface area contributed by atoms with Gasteiger partial charge in [0, 0.05) is 12.8 Å². The third kappa shape index (κ3) is 3.80. The fraction of sp³-hybridized carbons (Fsp3) is 0.750. The van der Waals surface area contributed by atoms with E-state index >= 15 is 0 Å². The summed E-state index contributed by atoms with van der Waals surface area (Å²) in [5.74, 6) is 0.843. The van der Waals surface area contributed by atoms with Crippen LogP contribution in [0.25, 0.3) is 0 Å². The first kappa shape index (κ1) is 20.4. The summed E-state index contributed by atoms with van der Waals surface area (Å²) >= 11 is 0. The number of amides is 1. The lowest BCUT2D eigenvalue weighted by Crippen LogP contribution is -2.39. The zero-order valence-electron chi connectivity index (χ0n) is 17.0. The predicted octanol–water partition coefficient (Wildman–Crippen LogP) is 3.23. The van der Waals surface area contributed by atoms with E-state index in [0.29, 0.717) is 24.6 Å². The molecule has 0 radical (unpaired) electrons. The Labute approximate surface area is 165 Å². The van der Waals surface area contributed by atoms with Crippen molar-refractivity contribution >= 4 is 12.1 Å². The Bertz CT molecular complexity index is 799. The van der Waals surface area contributed by atoms with Crippen molar-refractivity contribution in [1.29, 1.82) is 5.26 Å². The highest BCUT2D eigenvalue weighted by Crippen LogP contribution is 2.56. The molecule has 8 heteroatoms. The first-order valence-corrected chi connectivity index (χ1v) is 9.83. The van der Waals surface area contributed by atoms with Gasteiger partial charge in [-0.1, -0.05) is 25.9 Å². The van der Waals surface area contributed by atoms with E-state index in [1.165, 1.54) is 4.90 Å². The largest absolute Gasteiger partial charge is 0.333 e. The fourth-order valence-corrected chi connectivity index (χ4v) is 4.48. The summed E-state index contributed by atoms with van der Waals surface area (Å²) < 4.78 is 18.7. The summed E-state index contributed by atoms with van der Waals surface area (Å²) in [7, 11) is 0. The maximum Gasteiger partial charge on any atom is 0.268 e. The number of hydrogen-bond acceptors (Lipinski definition) is 6. The molecule has 3 rings (SSSR count). The normalized spacial score (nSPS) is 32.1. The van der Waals surface area contributed by atoms with Crippen LogP contribution in [0.15, 0.2) is 9.52 Å². The SMILES string of the molecule is Cc1noc(C=NC2CCC(C)(CCC(=O)N3CC(F)CC3C#N)C2(C)C)n1. The van der Waals surface area contributed by atoms with Crippen LogP contribution in [0.1, 0.15) is 64.6 Å². The van der Waals surface area contributed by atoms with Crippen molar-refractivity contribution in [3.05, 3.63) is 11.7 Å². The molecule has 4 atom stereocenters. The smallest absolute Gasteiger partial charge is 0.268 e. The summed E-state index contributed by atoms with van der Waals surface area (Å²) in [5.41, 5.74) is -0.201. The van der Waals surface area contributed by atoms with Crippen molar-refractivity contribution in [2.24, 2.45) is 15.8 Å². The van der Waals surface area contributed by atoms with Crippen LogP contribution < -0.4 is 0 Å². The number of nitrogens with zero attached hydrogens (tertiary/aromatic N) is 5. The second kappa shape index (κ2) is 7.61. The van der Waals surface area contributed by atoms with Crippen molar-refractivity contribution in [3.63, 3.8) is 0 Å². The van der Waals surface area contributed by atoms with Crippen LogP contribution in [0.3, 0.4) is 0 Å². The van der Waals surface area contributed by atoms with Gasteiger partial charge in [0.2, 0.25) is 5.91 Å². The molecule has 7 nitrogen and oxygen atoms in total. The van der Waals surface area contributed by atoms with E-state index in [1.54, 1.807) is 13.1 Å². The van der Waals surface area contributed by atoms with Gasteiger partial charge in [0.15, 0.2) is 5.82 Å². The molecule has 1 aliphatic carbocycles. The number of hydrogen-bond donors (Lipinski definition) is 0. The monoisotopic (exact) mass is 389 g/mol. The van der Waals surface area contributed by atoms with Gasteiger partial charge in [-0.05, 0) is 37.0 Å². The average Bonchev–Trinajstić information content (AvgIpc) is 3.29. The zero-order valence-corrected chi connectivity index (χ0v) is 17.0. The standard InChI is InChI=1S/C20H28FN5O2/c1-13-24-17(28-25-13)11-23-16-5-7-20(4,19(16,2)3)8-6-18(27)26-12-14(21)9-15(26)10-22/h11,14-16H,5-9,12H2,1-4H3. The lowest BCUT2D eigenvalue weighted by Gasteiger charge is -2.41. The molecule has 2 fully saturated rings. The minimum absolute atomic E-state index is 0.0354. The van der Waals surface area contributed by atoms with E-state index in [-0.39, 0.29) is 35.7 Å². The maximum atomic E-state index is 13.6. The van der Waals surface area contributed by atoms with E-state index in [2.05, 4.69) is 35.9 Å². The molecular weight excluding hydrogens is 361 g/mol. The Hall–Kier alpha value is -2.30. The van der Waals surface area contributed by atoms with E-state index < -0.39 is 12.2 Å². The molecule has 4 unspecified atom stereocenters. The Morgan fingerprint density at radius 2 is 2.25 bits per heavy atom. The molecule has 0 aromatic carbocycles. The van der Waals surface area contributed by atoms with Gasteiger partial charge in [0.1, 0.15) is 12.2 Å². The third-order valence-corrected chi connectivity index (χ3v) is 6.88. The number of aryl methyl sites for hydroxylation is 1. The maximum absolute atomic E-state index is 13.6. The first-order chi connectivity index (χ1) is 13.2. The molecular formula is C20H28FN5O2. The van der Waals surface area contributed by atoms with Crippen molar-refractivity contribution in [3.8, 4) is 6.07 Å². The summed E-state index contributed by atoms with van der Waals surface area (Å²) in [6.45, 7) is 8.34. The molecule has 1 saturated heterocycles. The average molecular weight is 389 g/mol. The van der Waals surface area contributed by atoms with Gasteiger partial charge in [-0.25, -0.2) is 4.39 Å². The van der Waals surface area contributed by atoms with Crippen LogP contribution in [0, 0.1) is 29.1 Å². The Morgan fingerprint density at radius 1 is 1.50 bits per heavy atom. The lowest BCUT2D eigenvalue weighted by molar-refractivity contribution is -0.132. The number of aliphatic imine (C=N–C) groups is 1. The highest BCUT2D eigenvalue weighted by atomic mass is 19.1. The summed E-state index contributed by atoms with van der Waals surface area (Å²) in [5, 5.41) is 12.9. The van der Waals surface area contributed by atoms with E-state index in [4.69, 9.17) is 9.78 Å². The fourth-order valence-electron chi connectivity index (χ4n) is 4.48. The van der Waals surface area contributed by atoms with Crippen LogP contribution in [0.2, 0.25) is 0 Å². The number of carbonyl (C=O) groups is 1. The highest BCUT2D eigenvalue weighted by Gasteiger charge is 2.51. The van der Waals surface area contributed by atoms with Crippen molar-refractivity contribution in [2.45, 2.75) is 78.1 Å². The van der Waals surface area contributed by atoms with Gasteiger partial charge in [-0.15, -0.1) is 0 Å². The number of halogens is 1. The van der Waals surface area contributed by atoms with Gasteiger partial charge in [0.05, 0.1) is 24.9 Å². The van der Waals surface area contributed by atoms with Gasteiger partial charge in [-0.3, -0.25) is 9.79 Å². The van der Waals surface area contributed by atoms with Crippen molar-refractivity contribution in [2.75, 3.05) is 6.54 Å². The van der Waals surface area contributed by atoms with Gasteiger partial charge in [0.25, 0.3) is 5.89 Å². The van der Waals surface area contributed by atoms with Gasteiger partial charge >= 0.3 is 0 Å². The number of aromatic nitrogens is 2. The molecule has 2 heterocycles. The van der Waals surface area contributed by atoms with E-state index in [9.17, 15) is 9.18 Å². The molecule has 1 amide bonds. The molecule has 1 saturated carbocycles. The quantitative estimate of drug-likeness (QED) is 0.721. The number of carbonyl (C=O) groups excluding carboxylic acids is 1. The lowest BCUT2D eigenvalue weighted by atomic mass is 9.65. The predicted molar refractivity (Wildman–Crippen MR) is 101 cm³/mol. The molecule has 152 valence electrons. The molecule has 0 bridgehead atoms. The highest BCUT2D eigenvalue weighted by molar-refractivity contribution is 5.77. The summed E-state index contributed by atoms with van der Waals surface area (Å²) in [6, 6.07) is 1.50. The third-order valence-electron chi connectivity index (χ3n) is 6.88. The molecule has 28 heavy (non-hydrogen) atoms. The summed E-state index contributed by atoms with van der Waals surface area (Å²) in [4.78, 5) is 22.9. The second-order valence-corrected chi connectivity index (χ2v) is 8.82. The van der Waals surface area contributed by atoms with Crippen LogP contribution in [-0.2, 0) is 4.79 Å². The first-order valence-electron chi connectivity index (χ1n) is 9.83. The Balaban J connectivity index is 1.63. The minimum atomic E-state index is -1.10. The van der Waals surface area contributed by atoms with Gasteiger partial charge < -0.3 is 9.42 Å².